The van der Waals surface area contributed by atoms with Crippen LogP contribution in [-0.4, -0.2) is 29.1 Å². The van der Waals surface area contributed by atoms with E-state index in [9.17, 15) is 0 Å². The normalized spacial score (nSPS) is 20.2. The van der Waals surface area contributed by atoms with E-state index < -0.39 is 0 Å². The standard InChI is InChI=1S/C19H20BrN5/c20-17-10-16(6-5-14(17)11-21)25-9-1-2-15(12-25)23-18-7-8-22-19(24-18)13-3-4-13/h5-8,10,13,15H,1-4,9,12H2,(H,22,23,24). The number of hydrogen-bond acceptors (Lipinski definition) is 5. The van der Waals surface area contributed by atoms with Gasteiger partial charge in [0.1, 0.15) is 17.7 Å². The fourth-order valence-corrected chi connectivity index (χ4v) is 3.78. The Morgan fingerprint density at radius 2 is 2.12 bits per heavy atom. The van der Waals surface area contributed by atoms with Gasteiger partial charge in [0, 0.05) is 41.4 Å². The Hall–Kier alpha value is -2.13. The number of aromatic nitrogens is 2. The first-order valence-electron chi connectivity index (χ1n) is 8.77. The Morgan fingerprint density at radius 1 is 1.24 bits per heavy atom. The van der Waals surface area contributed by atoms with E-state index in [2.05, 4.69) is 42.2 Å². The molecule has 4 rings (SSSR count). The number of hydrogen-bond donors (Lipinski definition) is 1. The lowest BCUT2D eigenvalue weighted by Gasteiger charge is -2.35. The maximum Gasteiger partial charge on any atom is 0.133 e. The van der Waals surface area contributed by atoms with Gasteiger partial charge < -0.3 is 10.2 Å². The third-order valence-electron chi connectivity index (χ3n) is 4.83. The Kier molecular flexibility index (Phi) is 4.58. The minimum absolute atomic E-state index is 0.366. The second kappa shape index (κ2) is 7.01. The number of nitriles is 1. The minimum Gasteiger partial charge on any atom is -0.369 e. The summed E-state index contributed by atoms with van der Waals surface area (Å²) in [5.41, 5.74) is 1.82. The van der Waals surface area contributed by atoms with Crippen molar-refractivity contribution in [3.8, 4) is 6.07 Å². The summed E-state index contributed by atoms with van der Waals surface area (Å²) in [6.07, 6.45) is 6.57. The topological polar surface area (TPSA) is 64.8 Å². The van der Waals surface area contributed by atoms with Crippen molar-refractivity contribution in [3.05, 3.63) is 46.3 Å². The zero-order valence-corrected chi connectivity index (χ0v) is 15.5. The van der Waals surface area contributed by atoms with Gasteiger partial charge in [0.15, 0.2) is 0 Å². The maximum absolute atomic E-state index is 9.08. The van der Waals surface area contributed by atoms with Crippen molar-refractivity contribution in [2.24, 2.45) is 0 Å². The lowest BCUT2D eigenvalue weighted by atomic mass is 10.0. The van der Waals surface area contributed by atoms with Gasteiger partial charge in [-0.2, -0.15) is 5.26 Å². The van der Waals surface area contributed by atoms with E-state index in [1.165, 1.54) is 12.8 Å². The fourth-order valence-electron chi connectivity index (χ4n) is 3.32. The van der Waals surface area contributed by atoms with E-state index in [-0.39, 0.29) is 0 Å². The average molecular weight is 398 g/mol. The summed E-state index contributed by atoms with van der Waals surface area (Å²) >= 11 is 3.49. The summed E-state index contributed by atoms with van der Waals surface area (Å²) in [6, 6.07) is 10.5. The van der Waals surface area contributed by atoms with Crippen LogP contribution in [0.2, 0.25) is 0 Å². The molecule has 1 unspecified atom stereocenters. The molecular weight excluding hydrogens is 378 g/mol. The molecule has 5 nitrogen and oxygen atoms in total. The van der Waals surface area contributed by atoms with E-state index in [1.54, 1.807) is 0 Å². The van der Waals surface area contributed by atoms with E-state index in [1.807, 2.05) is 30.5 Å². The van der Waals surface area contributed by atoms with Crippen LogP contribution in [0, 0.1) is 11.3 Å². The maximum atomic E-state index is 9.08. The highest BCUT2D eigenvalue weighted by Gasteiger charge is 2.27. The molecule has 1 saturated heterocycles. The second-order valence-corrected chi connectivity index (χ2v) is 7.63. The number of piperidine rings is 1. The minimum atomic E-state index is 0.366. The van der Waals surface area contributed by atoms with Crippen molar-refractivity contribution in [2.75, 3.05) is 23.3 Å². The molecule has 2 aliphatic rings. The Labute approximate surface area is 156 Å². The molecule has 1 atom stereocenters. The first kappa shape index (κ1) is 16.3. The molecule has 0 spiro atoms. The van der Waals surface area contributed by atoms with Crippen molar-refractivity contribution < 1.29 is 0 Å². The zero-order valence-electron chi connectivity index (χ0n) is 14.0. The van der Waals surface area contributed by atoms with Crippen LogP contribution in [0.25, 0.3) is 0 Å². The number of benzene rings is 1. The van der Waals surface area contributed by atoms with Crippen LogP contribution in [-0.2, 0) is 0 Å². The van der Waals surface area contributed by atoms with Gasteiger partial charge in [-0.25, -0.2) is 9.97 Å². The summed E-state index contributed by atoms with van der Waals surface area (Å²) in [5.74, 6) is 2.49. The van der Waals surface area contributed by atoms with Gasteiger partial charge in [0.05, 0.1) is 5.56 Å². The Bertz CT molecular complexity index is 812. The van der Waals surface area contributed by atoms with Gasteiger partial charge in [0.25, 0.3) is 0 Å². The molecule has 0 amide bonds. The van der Waals surface area contributed by atoms with Crippen LogP contribution >= 0.6 is 15.9 Å². The molecule has 1 saturated carbocycles. The third-order valence-corrected chi connectivity index (χ3v) is 5.48. The van der Waals surface area contributed by atoms with Crippen LogP contribution in [0.1, 0.15) is 43.0 Å². The average Bonchev–Trinajstić information content (AvgIpc) is 3.47. The molecule has 0 bridgehead atoms. The number of nitrogens with one attached hydrogen (secondary N) is 1. The largest absolute Gasteiger partial charge is 0.369 e. The first-order chi connectivity index (χ1) is 12.2. The quantitative estimate of drug-likeness (QED) is 0.841. The molecule has 2 aromatic rings. The molecule has 1 aromatic heterocycles. The molecule has 1 aromatic carbocycles. The van der Waals surface area contributed by atoms with E-state index >= 15 is 0 Å². The molecule has 1 aliphatic heterocycles. The van der Waals surface area contributed by atoms with E-state index in [0.717, 1.165) is 47.7 Å². The first-order valence-corrected chi connectivity index (χ1v) is 9.56. The van der Waals surface area contributed by atoms with Crippen molar-refractivity contribution in [3.63, 3.8) is 0 Å². The van der Waals surface area contributed by atoms with Gasteiger partial charge >= 0.3 is 0 Å². The van der Waals surface area contributed by atoms with Gasteiger partial charge in [0.2, 0.25) is 0 Å². The molecule has 25 heavy (non-hydrogen) atoms. The van der Waals surface area contributed by atoms with Crippen molar-refractivity contribution >= 4 is 27.4 Å². The summed E-state index contributed by atoms with van der Waals surface area (Å²) in [6.45, 7) is 1.97. The predicted octanol–water partition coefficient (Wildman–Crippen LogP) is 4.07. The van der Waals surface area contributed by atoms with E-state index in [4.69, 9.17) is 5.26 Å². The Balaban J connectivity index is 1.45. The smallest absolute Gasteiger partial charge is 0.133 e. The second-order valence-electron chi connectivity index (χ2n) is 6.78. The molecule has 128 valence electrons. The monoisotopic (exact) mass is 397 g/mol. The molecule has 2 heterocycles. The summed E-state index contributed by atoms with van der Waals surface area (Å²) in [7, 11) is 0. The van der Waals surface area contributed by atoms with Gasteiger partial charge in [-0.15, -0.1) is 0 Å². The molecule has 6 heteroatoms. The van der Waals surface area contributed by atoms with Crippen LogP contribution in [0.3, 0.4) is 0 Å². The SMILES string of the molecule is N#Cc1ccc(N2CCCC(Nc3ccnc(C4CC4)n3)C2)cc1Br. The number of nitrogens with zero attached hydrogens (tertiary/aromatic N) is 4. The van der Waals surface area contributed by atoms with Crippen molar-refractivity contribution in [1.82, 2.24) is 9.97 Å². The molecule has 0 radical (unpaired) electrons. The summed E-state index contributed by atoms with van der Waals surface area (Å²) in [5, 5.41) is 12.7. The predicted molar refractivity (Wildman–Crippen MR) is 102 cm³/mol. The number of halogens is 1. The van der Waals surface area contributed by atoms with E-state index in [0.29, 0.717) is 17.5 Å². The highest BCUT2D eigenvalue weighted by molar-refractivity contribution is 9.10. The number of rotatable bonds is 4. The van der Waals surface area contributed by atoms with Gasteiger partial charge in [-0.05, 0) is 65.9 Å². The highest BCUT2D eigenvalue weighted by atomic mass is 79.9. The van der Waals surface area contributed by atoms with Crippen LogP contribution in [0.15, 0.2) is 34.9 Å². The van der Waals surface area contributed by atoms with Crippen molar-refractivity contribution in [2.45, 2.75) is 37.6 Å². The van der Waals surface area contributed by atoms with Gasteiger partial charge in [-0.1, -0.05) is 0 Å². The molecule has 2 fully saturated rings. The fraction of sp³-hybridized carbons (Fsp3) is 0.421. The zero-order chi connectivity index (χ0) is 17.2. The lowest BCUT2D eigenvalue weighted by molar-refractivity contribution is 0.528. The molecular formula is C19H20BrN5. The van der Waals surface area contributed by atoms with Crippen molar-refractivity contribution in [1.29, 1.82) is 5.26 Å². The van der Waals surface area contributed by atoms with Crippen LogP contribution in [0.4, 0.5) is 11.5 Å². The lowest BCUT2D eigenvalue weighted by Crippen LogP contribution is -2.42. The molecule has 1 N–H and O–H groups in total. The van der Waals surface area contributed by atoms with Crippen LogP contribution in [0.5, 0.6) is 0 Å². The third kappa shape index (κ3) is 3.77. The van der Waals surface area contributed by atoms with Gasteiger partial charge in [-0.3, -0.25) is 0 Å². The highest BCUT2D eigenvalue weighted by Crippen LogP contribution is 2.38. The summed E-state index contributed by atoms with van der Waals surface area (Å²) in [4.78, 5) is 11.4. The van der Waals surface area contributed by atoms with Crippen LogP contribution < -0.4 is 10.2 Å². The Morgan fingerprint density at radius 3 is 2.88 bits per heavy atom. The number of anilines is 2. The molecule has 1 aliphatic carbocycles. The summed E-state index contributed by atoms with van der Waals surface area (Å²) < 4.78 is 0.854.